The molecule has 2 rings (SSSR count). The monoisotopic (exact) mass is 382 g/mol. The number of carbonyl (C=O) groups excluding carboxylic acids is 1. The number of aromatic nitrogens is 2. The topological polar surface area (TPSA) is 70.7 Å². The second-order valence-electron chi connectivity index (χ2n) is 4.75. The maximum atomic E-state index is 12.3. The van der Waals surface area contributed by atoms with Gasteiger partial charge in [-0.1, -0.05) is 11.8 Å². The fourth-order valence-corrected chi connectivity index (χ4v) is 2.57. The SMILES string of the molecule is N#C/C(=C/c1cnn(CCCl)c1)C(=O)Nc1ccc(SC(F)F)cc1. The van der Waals surface area contributed by atoms with Gasteiger partial charge < -0.3 is 5.32 Å². The number of amides is 1. The number of aryl methyl sites for hydroxylation is 1. The van der Waals surface area contributed by atoms with E-state index in [-0.39, 0.29) is 5.57 Å². The number of hydrogen-bond acceptors (Lipinski definition) is 4. The van der Waals surface area contributed by atoms with Gasteiger partial charge in [-0.25, -0.2) is 0 Å². The quantitative estimate of drug-likeness (QED) is 0.340. The summed E-state index contributed by atoms with van der Waals surface area (Å²) in [6.07, 6.45) is 4.60. The van der Waals surface area contributed by atoms with Gasteiger partial charge in [0.15, 0.2) is 0 Å². The Morgan fingerprint density at radius 3 is 2.76 bits per heavy atom. The van der Waals surface area contributed by atoms with Gasteiger partial charge >= 0.3 is 0 Å². The Bertz CT molecular complexity index is 799. The molecule has 0 spiro atoms. The van der Waals surface area contributed by atoms with E-state index in [0.29, 0.717) is 40.3 Å². The van der Waals surface area contributed by atoms with E-state index in [4.69, 9.17) is 11.6 Å². The number of rotatable bonds is 7. The van der Waals surface area contributed by atoms with E-state index >= 15 is 0 Å². The lowest BCUT2D eigenvalue weighted by atomic mass is 10.2. The molecular weight excluding hydrogens is 370 g/mol. The van der Waals surface area contributed by atoms with Crippen molar-refractivity contribution < 1.29 is 13.6 Å². The first-order chi connectivity index (χ1) is 12.0. The highest BCUT2D eigenvalue weighted by atomic mass is 35.5. The standard InChI is InChI=1S/C16H13ClF2N4OS/c17-5-6-23-10-11(9-21-23)7-12(8-20)15(24)22-13-1-3-14(4-2-13)25-16(18)19/h1-4,7,9-10,16H,5-6H2,(H,22,24)/b12-7-. The van der Waals surface area contributed by atoms with Crippen molar-refractivity contribution in [2.24, 2.45) is 0 Å². The summed E-state index contributed by atoms with van der Waals surface area (Å²) in [7, 11) is 0. The molecule has 5 nitrogen and oxygen atoms in total. The van der Waals surface area contributed by atoms with Crippen LogP contribution < -0.4 is 5.32 Å². The molecule has 0 saturated carbocycles. The fraction of sp³-hybridized carbons (Fsp3) is 0.188. The lowest BCUT2D eigenvalue weighted by molar-refractivity contribution is -0.112. The van der Waals surface area contributed by atoms with E-state index in [1.54, 1.807) is 10.9 Å². The van der Waals surface area contributed by atoms with Crippen molar-refractivity contribution in [3.05, 3.63) is 47.8 Å². The third kappa shape index (κ3) is 5.89. The van der Waals surface area contributed by atoms with Crippen LogP contribution in [0.5, 0.6) is 0 Å². The zero-order valence-corrected chi connectivity index (χ0v) is 14.4. The Hall–Kier alpha value is -2.37. The third-order valence-corrected chi connectivity index (χ3v) is 3.87. The molecule has 1 N–H and O–H groups in total. The molecule has 0 unspecified atom stereocenters. The predicted molar refractivity (Wildman–Crippen MR) is 93.5 cm³/mol. The Balaban J connectivity index is 2.06. The second-order valence-corrected chi connectivity index (χ2v) is 6.19. The third-order valence-electron chi connectivity index (χ3n) is 2.98. The largest absolute Gasteiger partial charge is 0.321 e. The highest BCUT2D eigenvalue weighted by molar-refractivity contribution is 7.99. The zero-order chi connectivity index (χ0) is 18.2. The van der Waals surface area contributed by atoms with E-state index in [2.05, 4.69) is 10.4 Å². The van der Waals surface area contributed by atoms with Crippen LogP contribution in [0.25, 0.3) is 6.08 Å². The molecule has 1 amide bonds. The molecule has 1 aromatic heterocycles. The zero-order valence-electron chi connectivity index (χ0n) is 12.8. The molecule has 9 heteroatoms. The number of nitrogens with zero attached hydrogens (tertiary/aromatic N) is 3. The number of benzene rings is 1. The van der Waals surface area contributed by atoms with E-state index in [1.807, 2.05) is 6.07 Å². The molecule has 0 fully saturated rings. The molecule has 2 aromatic rings. The first-order valence-corrected chi connectivity index (χ1v) is 8.49. The van der Waals surface area contributed by atoms with Gasteiger partial charge in [-0.2, -0.15) is 19.1 Å². The van der Waals surface area contributed by atoms with Crippen LogP contribution in [0.3, 0.4) is 0 Å². The molecule has 1 aromatic carbocycles. The first kappa shape index (κ1) is 19.0. The van der Waals surface area contributed by atoms with Gasteiger partial charge in [0.1, 0.15) is 11.6 Å². The van der Waals surface area contributed by atoms with Gasteiger partial charge in [-0.3, -0.25) is 9.48 Å². The number of carbonyl (C=O) groups is 1. The second kappa shape index (κ2) is 9.20. The van der Waals surface area contributed by atoms with Crippen molar-refractivity contribution in [3.63, 3.8) is 0 Å². The molecule has 1 heterocycles. The Kier molecular flexibility index (Phi) is 6.98. The average Bonchev–Trinajstić information content (AvgIpc) is 3.01. The van der Waals surface area contributed by atoms with Crippen LogP contribution >= 0.6 is 23.4 Å². The highest BCUT2D eigenvalue weighted by Crippen LogP contribution is 2.26. The van der Waals surface area contributed by atoms with Crippen LogP contribution in [0, 0.1) is 11.3 Å². The van der Waals surface area contributed by atoms with Crippen molar-refractivity contribution >= 4 is 41.0 Å². The van der Waals surface area contributed by atoms with Crippen LogP contribution in [-0.2, 0) is 11.3 Å². The average molecular weight is 383 g/mol. The maximum Gasteiger partial charge on any atom is 0.288 e. The highest BCUT2D eigenvalue weighted by Gasteiger charge is 2.11. The van der Waals surface area contributed by atoms with Gasteiger partial charge in [0.05, 0.1) is 12.7 Å². The Morgan fingerprint density at radius 2 is 2.16 bits per heavy atom. The lowest BCUT2D eigenvalue weighted by Crippen LogP contribution is -2.13. The minimum absolute atomic E-state index is 0.101. The molecule has 0 aliphatic rings. The lowest BCUT2D eigenvalue weighted by Gasteiger charge is -2.05. The number of nitrogens with one attached hydrogen (secondary N) is 1. The number of anilines is 1. The van der Waals surface area contributed by atoms with Crippen molar-refractivity contribution in [3.8, 4) is 6.07 Å². The number of alkyl halides is 3. The Morgan fingerprint density at radius 1 is 1.44 bits per heavy atom. The van der Waals surface area contributed by atoms with Crippen LogP contribution in [-0.4, -0.2) is 27.3 Å². The van der Waals surface area contributed by atoms with E-state index in [9.17, 15) is 18.8 Å². The van der Waals surface area contributed by atoms with Gasteiger partial charge in [-0.15, -0.1) is 11.6 Å². The summed E-state index contributed by atoms with van der Waals surface area (Å²) in [6, 6.07) is 7.77. The molecule has 130 valence electrons. The van der Waals surface area contributed by atoms with Crippen LogP contribution in [0.1, 0.15) is 5.56 Å². The molecule has 0 atom stereocenters. The van der Waals surface area contributed by atoms with Gasteiger partial charge in [-0.05, 0) is 30.3 Å². The summed E-state index contributed by atoms with van der Waals surface area (Å²) in [4.78, 5) is 12.6. The van der Waals surface area contributed by atoms with Crippen molar-refractivity contribution in [1.82, 2.24) is 9.78 Å². The Labute approximate surface area is 152 Å². The normalized spacial score (nSPS) is 11.4. The molecule has 0 bridgehead atoms. The smallest absolute Gasteiger partial charge is 0.288 e. The van der Waals surface area contributed by atoms with E-state index in [0.717, 1.165) is 0 Å². The van der Waals surface area contributed by atoms with Crippen molar-refractivity contribution in [2.75, 3.05) is 11.2 Å². The molecule has 25 heavy (non-hydrogen) atoms. The first-order valence-electron chi connectivity index (χ1n) is 7.08. The summed E-state index contributed by atoms with van der Waals surface area (Å²) in [5, 5.41) is 15.8. The number of hydrogen-bond donors (Lipinski definition) is 1. The van der Waals surface area contributed by atoms with Crippen LogP contribution in [0.4, 0.5) is 14.5 Å². The summed E-state index contributed by atoms with van der Waals surface area (Å²) >= 11 is 6.04. The minimum Gasteiger partial charge on any atom is -0.321 e. The van der Waals surface area contributed by atoms with Crippen molar-refractivity contribution in [2.45, 2.75) is 17.2 Å². The number of nitriles is 1. The van der Waals surface area contributed by atoms with E-state index < -0.39 is 11.7 Å². The van der Waals surface area contributed by atoms with Gasteiger partial charge in [0.2, 0.25) is 0 Å². The van der Waals surface area contributed by atoms with Gasteiger partial charge in [0, 0.05) is 28.2 Å². The fourth-order valence-electron chi connectivity index (χ4n) is 1.90. The molecule has 0 aliphatic carbocycles. The minimum atomic E-state index is -2.51. The summed E-state index contributed by atoms with van der Waals surface area (Å²) in [5.74, 6) is -2.70. The van der Waals surface area contributed by atoms with Crippen LogP contribution in [0.2, 0.25) is 0 Å². The summed E-state index contributed by atoms with van der Waals surface area (Å²) < 4.78 is 26.2. The van der Waals surface area contributed by atoms with E-state index in [1.165, 1.54) is 36.5 Å². The molecule has 0 radical (unpaired) electrons. The predicted octanol–water partition coefficient (Wildman–Crippen LogP) is 3.98. The van der Waals surface area contributed by atoms with Gasteiger partial charge in [0.25, 0.3) is 11.7 Å². The molecular formula is C16H13ClF2N4OS. The maximum absolute atomic E-state index is 12.3. The van der Waals surface area contributed by atoms with Crippen LogP contribution in [0.15, 0.2) is 47.1 Å². The van der Waals surface area contributed by atoms with Crippen molar-refractivity contribution in [1.29, 1.82) is 5.26 Å². The summed E-state index contributed by atoms with van der Waals surface area (Å²) in [5.41, 5.74) is 0.902. The molecule has 0 saturated heterocycles. The number of thioether (sulfide) groups is 1. The number of halogens is 3. The summed E-state index contributed by atoms with van der Waals surface area (Å²) in [6.45, 7) is 0.520. The molecule has 0 aliphatic heterocycles.